The highest BCUT2D eigenvalue weighted by Gasteiger charge is 2.32. The van der Waals surface area contributed by atoms with Crippen LogP contribution in [0.2, 0.25) is 5.02 Å². The molecule has 0 saturated carbocycles. The predicted octanol–water partition coefficient (Wildman–Crippen LogP) is 6.94. The fraction of sp³-hybridized carbons (Fsp3) is 0.350. The standard InChI is InChI=1S/C20H17ClF6O3/c1-2-3-14(18(28)29)12-8-15(21)17(16(9-12)30-10-19(22,23)24)11-4-6-13(7-5-11)20(25,26)27/h4-9,14H,2-3,10H2,1H3,(H,28,29). The Morgan fingerprint density at radius 3 is 2.17 bits per heavy atom. The first kappa shape index (κ1) is 23.9. The molecule has 1 N–H and O–H groups in total. The molecule has 1 atom stereocenters. The van der Waals surface area contributed by atoms with Gasteiger partial charge in [-0.15, -0.1) is 0 Å². The minimum atomic E-state index is -4.69. The van der Waals surface area contributed by atoms with Gasteiger partial charge in [-0.3, -0.25) is 4.79 Å². The van der Waals surface area contributed by atoms with E-state index >= 15 is 0 Å². The Bertz CT molecular complexity index is 891. The van der Waals surface area contributed by atoms with Crippen LogP contribution in [0, 0.1) is 0 Å². The van der Waals surface area contributed by atoms with E-state index in [0.717, 1.165) is 30.3 Å². The number of rotatable bonds is 7. The van der Waals surface area contributed by atoms with Gasteiger partial charge in [-0.2, -0.15) is 26.3 Å². The van der Waals surface area contributed by atoms with E-state index in [4.69, 9.17) is 16.3 Å². The molecule has 2 rings (SSSR count). The summed E-state index contributed by atoms with van der Waals surface area (Å²) in [6.07, 6.45) is -8.57. The van der Waals surface area contributed by atoms with Gasteiger partial charge in [0.05, 0.1) is 16.5 Å². The minimum absolute atomic E-state index is 0.0565. The monoisotopic (exact) mass is 454 g/mol. The van der Waals surface area contributed by atoms with Crippen LogP contribution in [-0.2, 0) is 11.0 Å². The summed E-state index contributed by atoms with van der Waals surface area (Å²) in [5.74, 6) is -2.57. The van der Waals surface area contributed by atoms with Crippen LogP contribution in [-0.4, -0.2) is 23.9 Å². The molecule has 30 heavy (non-hydrogen) atoms. The van der Waals surface area contributed by atoms with Gasteiger partial charge in [0, 0.05) is 5.56 Å². The zero-order valence-electron chi connectivity index (χ0n) is 15.6. The number of hydrogen-bond acceptors (Lipinski definition) is 2. The second-order valence-corrected chi connectivity index (χ2v) is 6.94. The van der Waals surface area contributed by atoms with E-state index < -0.39 is 36.4 Å². The van der Waals surface area contributed by atoms with E-state index in [1.54, 1.807) is 6.92 Å². The Balaban J connectivity index is 2.58. The largest absolute Gasteiger partial charge is 0.483 e. The van der Waals surface area contributed by atoms with Crippen molar-refractivity contribution < 1.29 is 41.0 Å². The number of benzene rings is 2. The molecule has 0 amide bonds. The van der Waals surface area contributed by atoms with E-state index in [1.807, 2.05) is 0 Å². The Hall–Kier alpha value is -2.42. The highest BCUT2D eigenvalue weighted by molar-refractivity contribution is 6.33. The van der Waals surface area contributed by atoms with Gasteiger partial charge in [0.15, 0.2) is 6.61 Å². The third-order valence-electron chi connectivity index (χ3n) is 4.25. The topological polar surface area (TPSA) is 46.5 Å². The molecular formula is C20H17ClF6O3. The van der Waals surface area contributed by atoms with Crippen LogP contribution in [0.5, 0.6) is 5.75 Å². The Labute approximate surface area is 173 Å². The maximum Gasteiger partial charge on any atom is 0.422 e. The molecule has 1 unspecified atom stereocenters. The highest BCUT2D eigenvalue weighted by atomic mass is 35.5. The van der Waals surface area contributed by atoms with Crippen molar-refractivity contribution in [3.63, 3.8) is 0 Å². The van der Waals surface area contributed by atoms with Gasteiger partial charge in [-0.25, -0.2) is 0 Å². The van der Waals surface area contributed by atoms with E-state index in [2.05, 4.69) is 0 Å². The van der Waals surface area contributed by atoms with Crippen molar-refractivity contribution in [2.45, 2.75) is 38.0 Å². The maximum absolute atomic E-state index is 12.8. The van der Waals surface area contributed by atoms with Crippen molar-refractivity contribution in [3.8, 4) is 16.9 Å². The van der Waals surface area contributed by atoms with Crippen LogP contribution >= 0.6 is 11.6 Å². The van der Waals surface area contributed by atoms with Crippen LogP contribution in [0.4, 0.5) is 26.3 Å². The number of halogens is 7. The van der Waals surface area contributed by atoms with E-state index in [9.17, 15) is 36.2 Å². The van der Waals surface area contributed by atoms with Gasteiger partial charge in [-0.1, -0.05) is 37.1 Å². The molecule has 0 fully saturated rings. The summed E-state index contributed by atoms with van der Waals surface area (Å²) in [7, 11) is 0. The quantitative estimate of drug-likeness (QED) is 0.461. The number of alkyl halides is 6. The molecule has 164 valence electrons. The first-order chi connectivity index (χ1) is 13.8. The molecule has 3 nitrogen and oxygen atoms in total. The van der Waals surface area contributed by atoms with E-state index in [0.29, 0.717) is 6.42 Å². The van der Waals surface area contributed by atoms with Crippen molar-refractivity contribution in [1.29, 1.82) is 0 Å². The van der Waals surface area contributed by atoms with Gasteiger partial charge in [0.25, 0.3) is 0 Å². The lowest BCUT2D eigenvalue weighted by molar-refractivity contribution is -0.153. The molecule has 0 aliphatic rings. The zero-order chi connectivity index (χ0) is 22.7. The number of carboxylic acids is 1. The van der Waals surface area contributed by atoms with Gasteiger partial charge < -0.3 is 9.84 Å². The van der Waals surface area contributed by atoms with Gasteiger partial charge in [-0.05, 0) is 41.8 Å². The predicted molar refractivity (Wildman–Crippen MR) is 98.7 cm³/mol. The summed E-state index contributed by atoms with van der Waals surface area (Å²) in [5.41, 5.74) is -0.758. The van der Waals surface area contributed by atoms with E-state index in [1.165, 1.54) is 6.07 Å². The average Bonchev–Trinajstić information content (AvgIpc) is 2.62. The lowest BCUT2D eigenvalue weighted by atomic mass is 9.92. The molecule has 0 aliphatic heterocycles. The Morgan fingerprint density at radius 2 is 1.70 bits per heavy atom. The third kappa shape index (κ3) is 6.04. The van der Waals surface area contributed by atoms with Crippen molar-refractivity contribution >= 4 is 17.6 Å². The number of carboxylic acid groups (broad SMARTS) is 1. The fourth-order valence-corrected chi connectivity index (χ4v) is 3.23. The fourth-order valence-electron chi connectivity index (χ4n) is 2.90. The summed E-state index contributed by atoms with van der Waals surface area (Å²) in [6.45, 7) is 0.0706. The number of carbonyl (C=O) groups is 1. The number of hydrogen-bond donors (Lipinski definition) is 1. The lowest BCUT2D eigenvalue weighted by Gasteiger charge is -2.19. The molecule has 0 heterocycles. The molecule has 0 radical (unpaired) electrons. The first-order valence-electron chi connectivity index (χ1n) is 8.77. The summed E-state index contributed by atoms with van der Waals surface area (Å²) >= 11 is 6.22. The summed E-state index contributed by atoms with van der Waals surface area (Å²) < 4.78 is 81.3. The first-order valence-corrected chi connectivity index (χ1v) is 9.14. The summed E-state index contributed by atoms with van der Waals surface area (Å²) in [4.78, 5) is 11.5. The molecule has 0 bridgehead atoms. The van der Waals surface area contributed by atoms with Crippen LogP contribution in [0.3, 0.4) is 0 Å². The Morgan fingerprint density at radius 1 is 1.10 bits per heavy atom. The molecule has 0 saturated heterocycles. The molecular weight excluding hydrogens is 438 g/mol. The van der Waals surface area contributed by atoms with Crippen LogP contribution in [0.1, 0.15) is 36.8 Å². The van der Waals surface area contributed by atoms with Crippen LogP contribution < -0.4 is 4.74 Å². The summed E-state index contributed by atoms with van der Waals surface area (Å²) in [5, 5.41) is 9.29. The van der Waals surface area contributed by atoms with Gasteiger partial charge in [0.1, 0.15) is 5.75 Å². The maximum atomic E-state index is 12.8. The van der Waals surface area contributed by atoms with Crippen LogP contribution in [0.25, 0.3) is 11.1 Å². The molecule has 0 spiro atoms. The normalized spacial score (nSPS) is 13.2. The van der Waals surface area contributed by atoms with E-state index in [-0.39, 0.29) is 33.9 Å². The highest BCUT2D eigenvalue weighted by Crippen LogP contribution is 2.41. The molecule has 10 heteroatoms. The Kier molecular flexibility index (Phi) is 7.28. The third-order valence-corrected chi connectivity index (χ3v) is 4.54. The van der Waals surface area contributed by atoms with Crippen molar-refractivity contribution in [2.24, 2.45) is 0 Å². The minimum Gasteiger partial charge on any atom is -0.483 e. The molecule has 2 aromatic carbocycles. The molecule has 0 aliphatic carbocycles. The van der Waals surface area contributed by atoms with Crippen molar-refractivity contribution in [3.05, 3.63) is 52.5 Å². The molecule has 0 aromatic heterocycles. The average molecular weight is 455 g/mol. The van der Waals surface area contributed by atoms with Gasteiger partial charge in [0.2, 0.25) is 0 Å². The lowest BCUT2D eigenvalue weighted by Crippen LogP contribution is -2.20. The second-order valence-electron chi connectivity index (χ2n) is 6.53. The van der Waals surface area contributed by atoms with Crippen molar-refractivity contribution in [1.82, 2.24) is 0 Å². The second kappa shape index (κ2) is 9.16. The zero-order valence-corrected chi connectivity index (χ0v) is 16.3. The van der Waals surface area contributed by atoms with Gasteiger partial charge >= 0.3 is 18.3 Å². The van der Waals surface area contributed by atoms with Crippen molar-refractivity contribution in [2.75, 3.05) is 6.61 Å². The summed E-state index contributed by atoms with van der Waals surface area (Å²) in [6, 6.07) is 6.08. The smallest absolute Gasteiger partial charge is 0.422 e. The number of ether oxygens (including phenoxy) is 1. The number of aliphatic carboxylic acids is 1. The van der Waals surface area contributed by atoms with Crippen LogP contribution in [0.15, 0.2) is 36.4 Å². The SMILES string of the molecule is CCCC(C(=O)O)c1cc(Cl)c(-c2ccc(C(F)(F)F)cc2)c(OCC(F)(F)F)c1. The molecule has 2 aromatic rings.